The van der Waals surface area contributed by atoms with Crippen LogP contribution in [0, 0.1) is 5.82 Å². The van der Waals surface area contributed by atoms with Gasteiger partial charge in [-0.25, -0.2) is 9.18 Å². The Kier molecular flexibility index (Phi) is 5.90. The van der Waals surface area contributed by atoms with Crippen molar-refractivity contribution in [2.75, 3.05) is 25.1 Å². The Bertz CT molecular complexity index is 810. The molecule has 1 fully saturated rings. The number of anilines is 1. The normalized spacial score (nSPS) is 16.3. The highest BCUT2D eigenvalue weighted by Crippen LogP contribution is 2.22. The summed E-state index contributed by atoms with van der Waals surface area (Å²) < 4.78 is 18.3. The third-order valence-electron chi connectivity index (χ3n) is 4.47. The Morgan fingerprint density at radius 1 is 1.22 bits per heavy atom. The van der Waals surface area contributed by atoms with E-state index in [2.05, 4.69) is 10.6 Å². The van der Waals surface area contributed by atoms with Crippen LogP contribution in [0.3, 0.4) is 0 Å². The zero-order valence-corrected chi connectivity index (χ0v) is 15.1. The lowest BCUT2D eigenvalue weighted by atomic mass is 10.1. The Morgan fingerprint density at radius 2 is 1.96 bits per heavy atom. The Labute approximate surface area is 157 Å². The fourth-order valence-corrected chi connectivity index (χ4v) is 3.13. The van der Waals surface area contributed by atoms with Gasteiger partial charge >= 0.3 is 6.03 Å². The van der Waals surface area contributed by atoms with Crippen LogP contribution < -0.4 is 20.3 Å². The molecule has 6 nitrogen and oxygen atoms in total. The van der Waals surface area contributed by atoms with Crippen molar-refractivity contribution in [1.82, 2.24) is 10.6 Å². The second-order valence-electron chi connectivity index (χ2n) is 6.34. The minimum absolute atomic E-state index is 0.0964. The van der Waals surface area contributed by atoms with Gasteiger partial charge in [0.1, 0.15) is 11.6 Å². The molecule has 0 saturated carbocycles. The fraction of sp³-hybridized carbons (Fsp3) is 0.300. The lowest BCUT2D eigenvalue weighted by Gasteiger charge is -2.17. The van der Waals surface area contributed by atoms with Crippen LogP contribution in [0.5, 0.6) is 5.75 Å². The van der Waals surface area contributed by atoms with Crippen molar-refractivity contribution >= 4 is 17.6 Å². The molecule has 1 aliphatic heterocycles. The molecule has 2 aromatic rings. The molecule has 2 aromatic carbocycles. The molecule has 0 aliphatic carbocycles. The average molecular weight is 371 g/mol. The molecule has 1 saturated heterocycles. The number of rotatable bonds is 6. The number of halogens is 1. The van der Waals surface area contributed by atoms with Crippen molar-refractivity contribution in [3.8, 4) is 5.75 Å². The first-order chi connectivity index (χ1) is 13.1. The molecule has 0 unspecified atom stereocenters. The maximum absolute atomic E-state index is 13.0. The third-order valence-corrected chi connectivity index (χ3v) is 4.47. The Balaban J connectivity index is 1.47. The molecule has 1 heterocycles. The van der Waals surface area contributed by atoms with E-state index < -0.39 is 0 Å². The van der Waals surface area contributed by atoms with E-state index >= 15 is 0 Å². The van der Waals surface area contributed by atoms with Crippen molar-refractivity contribution < 1.29 is 18.7 Å². The van der Waals surface area contributed by atoms with Crippen molar-refractivity contribution in [2.24, 2.45) is 0 Å². The van der Waals surface area contributed by atoms with Crippen LogP contribution in [0.4, 0.5) is 14.9 Å². The van der Waals surface area contributed by atoms with E-state index in [-0.39, 0.29) is 30.2 Å². The molecule has 2 N–H and O–H groups in total. The second-order valence-corrected chi connectivity index (χ2v) is 6.34. The van der Waals surface area contributed by atoms with Crippen LogP contribution in [0.15, 0.2) is 48.5 Å². The summed E-state index contributed by atoms with van der Waals surface area (Å²) in [5, 5.41) is 5.62. The first kappa shape index (κ1) is 18.7. The first-order valence-corrected chi connectivity index (χ1v) is 8.79. The number of amides is 3. The lowest BCUT2D eigenvalue weighted by Crippen LogP contribution is -2.43. The molecule has 3 rings (SSSR count). The fourth-order valence-electron chi connectivity index (χ4n) is 3.13. The van der Waals surface area contributed by atoms with Gasteiger partial charge in [0.15, 0.2) is 0 Å². The van der Waals surface area contributed by atoms with Gasteiger partial charge < -0.3 is 20.3 Å². The molecule has 0 radical (unpaired) electrons. The number of carbonyl (C=O) groups is 2. The van der Waals surface area contributed by atoms with Crippen LogP contribution in [0.1, 0.15) is 12.0 Å². The average Bonchev–Trinajstić information content (AvgIpc) is 3.02. The van der Waals surface area contributed by atoms with Gasteiger partial charge in [0.2, 0.25) is 5.91 Å². The van der Waals surface area contributed by atoms with E-state index in [1.165, 1.54) is 12.1 Å². The van der Waals surface area contributed by atoms with E-state index in [1.807, 2.05) is 24.3 Å². The number of nitrogens with one attached hydrogen (secondary N) is 2. The number of urea groups is 1. The lowest BCUT2D eigenvalue weighted by molar-refractivity contribution is -0.117. The summed E-state index contributed by atoms with van der Waals surface area (Å²) >= 11 is 0. The molecule has 0 aromatic heterocycles. The van der Waals surface area contributed by atoms with Crippen molar-refractivity contribution in [1.29, 1.82) is 0 Å². The van der Waals surface area contributed by atoms with Gasteiger partial charge in [0.05, 0.1) is 13.2 Å². The van der Waals surface area contributed by atoms with Gasteiger partial charge in [-0.1, -0.05) is 18.2 Å². The predicted octanol–water partition coefficient (Wildman–Crippen LogP) is 2.48. The third kappa shape index (κ3) is 4.75. The van der Waals surface area contributed by atoms with Gasteiger partial charge in [-0.3, -0.25) is 4.79 Å². The number of para-hydroxylation sites is 1. The number of benzene rings is 2. The van der Waals surface area contributed by atoms with E-state index in [1.54, 1.807) is 24.1 Å². The Hall–Kier alpha value is -3.09. The number of hydrogen-bond donors (Lipinski definition) is 2. The summed E-state index contributed by atoms with van der Waals surface area (Å²) in [5.74, 6) is 0.339. The van der Waals surface area contributed by atoms with Crippen molar-refractivity contribution in [2.45, 2.75) is 18.9 Å². The molecule has 27 heavy (non-hydrogen) atoms. The molecular weight excluding hydrogens is 349 g/mol. The topological polar surface area (TPSA) is 70.7 Å². The summed E-state index contributed by atoms with van der Waals surface area (Å²) in [6.07, 6.45) is 0.861. The first-order valence-electron chi connectivity index (χ1n) is 8.79. The second kappa shape index (κ2) is 8.53. The van der Waals surface area contributed by atoms with Crippen LogP contribution in [-0.2, 0) is 11.2 Å². The van der Waals surface area contributed by atoms with E-state index in [4.69, 9.17) is 4.74 Å². The summed E-state index contributed by atoms with van der Waals surface area (Å²) in [7, 11) is 1.61. The number of hydrogen-bond acceptors (Lipinski definition) is 3. The monoisotopic (exact) mass is 371 g/mol. The number of ether oxygens (including phenoxy) is 1. The quantitative estimate of drug-likeness (QED) is 0.820. The molecule has 7 heteroatoms. The van der Waals surface area contributed by atoms with Gasteiger partial charge in [-0.05, 0) is 42.3 Å². The van der Waals surface area contributed by atoms with Crippen molar-refractivity contribution in [3.63, 3.8) is 0 Å². The minimum atomic E-state index is -0.352. The summed E-state index contributed by atoms with van der Waals surface area (Å²) in [4.78, 5) is 25.8. The smallest absolute Gasteiger partial charge is 0.315 e. The zero-order valence-electron chi connectivity index (χ0n) is 15.1. The maximum Gasteiger partial charge on any atom is 0.315 e. The van der Waals surface area contributed by atoms with Gasteiger partial charge in [-0.2, -0.15) is 0 Å². The number of methoxy groups -OCH3 is 1. The summed E-state index contributed by atoms with van der Waals surface area (Å²) in [6.45, 7) is 0.818. The molecule has 142 valence electrons. The molecule has 1 aliphatic rings. The zero-order chi connectivity index (χ0) is 19.2. The molecule has 0 spiro atoms. The van der Waals surface area contributed by atoms with E-state index in [0.29, 0.717) is 25.2 Å². The highest BCUT2D eigenvalue weighted by Gasteiger charge is 2.31. The minimum Gasteiger partial charge on any atom is -0.496 e. The highest BCUT2D eigenvalue weighted by atomic mass is 19.1. The van der Waals surface area contributed by atoms with Crippen LogP contribution in [-0.4, -0.2) is 38.2 Å². The SMILES string of the molecule is COc1ccccc1CCNC(=O)N[C@H]1CC(=O)N(c2ccc(F)cc2)C1. The standard InChI is InChI=1S/C20H22FN3O3/c1-27-18-5-3-2-4-14(18)10-11-22-20(26)23-16-12-19(25)24(13-16)17-8-6-15(21)7-9-17/h2-9,16H,10-13H2,1H3,(H2,22,23,26)/t16-/m0/s1. The Morgan fingerprint density at radius 3 is 2.70 bits per heavy atom. The van der Waals surface area contributed by atoms with Gasteiger partial charge in [0, 0.05) is 25.2 Å². The predicted molar refractivity (Wildman–Crippen MR) is 100 cm³/mol. The van der Waals surface area contributed by atoms with Crippen LogP contribution in [0.25, 0.3) is 0 Å². The summed E-state index contributed by atoms with van der Waals surface area (Å²) in [6, 6.07) is 12.8. The maximum atomic E-state index is 13.0. The highest BCUT2D eigenvalue weighted by molar-refractivity contribution is 5.96. The van der Waals surface area contributed by atoms with Gasteiger partial charge in [0.25, 0.3) is 0 Å². The van der Waals surface area contributed by atoms with Gasteiger partial charge in [-0.15, -0.1) is 0 Å². The molecule has 0 bridgehead atoms. The molecular formula is C20H22FN3O3. The van der Waals surface area contributed by atoms with Crippen molar-refractivity contribution in [3.05, 3.63) is 59.9 Å². The molecule has 1 atom stereocenters. The number of nitrogens with zero attached hydrogens (tertiary/aromatic N) is 1. The number of carbonyl (C=O) groups excluding carboxylic acids is 2. The van der Waals surface area contributed by atoms with Crippen LogP contribution in [0.2, 0.25) is 0 Å². The van der Waals surface area contributed by atoms with E-state index in [0.717, 1.165) is 11.3 Å². The van der Waals surface area contributed by atoms with E-state index in [9.17, 15) is 14.0 Å². The summed E-state index contributed by atoms with van der Waals surface area (Å²) in [5.41, 5.74) is 1.64. The van der Waals surface area contributed by atoms with Crippen LogP contribution >= 0.6 is 0 Å². The largest absolute Gasteiger partial charge is 0.496 e. The molecule has 3 amide bonds.